The van der Waals surface area contributed by atoms with Crippen LogP contribution in [0.4, 0.5) is 18.9 Å². The number of ether oxygens (including phenoxy) is 1. The first-order valence-corrected chi connectivity index (χ1v) is 11.6. The molecule has 1 atom stereocenters. The predicted molar refractivity (Wildman–Crippen MR) is 121 cm³/mol. The highest BCUT2D eigenvalue weighted by Crippen LogP contribution is 2.27. The summed E-state index contributed by atoms with van der Waals surface area (Å²) < 4.78 is 68.8. The molecule has 0 heterocycles. The lowest BCUT2D eigenvalue weighted by molar-refractivity contribution is -0.141. The van der Waals surface area contributed by atoms with Crippen LogP contribution in [-0.2, 0) is 26.1 Å². The molecule has 0 bridgehead atoms. The Morgan fingerprint density at radius 2 is 1.51 bits per heavy atom. The summed E-state index contributed by atoms with van der Waals surface area (Å²) >= 11 is 0. The molecule has 184 valence electrons. The minimum Gasteiger partial charge on any atom is -0.467 e. The third kappa shape index (κ3) is 6.38. The van der Waals surface area contributed by atoms with E-state index in [1.165, 1.54) is 19.2 Å². The SMILES string of the molecule is COC(=O)C(Cc1ccc(OS(=O)(=O)C(F)(F)F)cc1)Nc1ccccc1C(=O)c1ccccc1. The third-order valence-corrected chi connectivity index (χ3v) is 5.85. The van der Waals surface area contributed by atoms with E-state index in [-0.39, 0.29) is 12.2 Å². The number of hydrogen-bond donors (Lipinski definition) is 1. The summed E-state index contributed by atoms with van der Waals surface area (Å²) in [4.78, 5) is 25.4. The Bertz CT molecular complexity index is 1290. The van der Waals surface area contributed by atoms with Crippen LogP contribution in [0.15, 0.2) is 78.9 Å². The van der Waals surface area contributed by atoms with Crippen molar-refractivity contribution in [1.29, 1.82) is 0 Å². The topological polar surface area (TPSA) is 98.8 Å². The number of anilines is 1. The van der Waals surface area contributed by atoms with Crippen molar-refractivity contribution in [3.63, 3.8) is 0 Å². The molecule has 0 aliphatic rings. The van der Waals surface area contributed by atoms with Gasteiger partial charge in [-0.25, -0.2) is 4.79 Å². The number of halogens is 3. The fourth-order valence-corrected chi connectivity index (χ4v) is 3.62. The number of rotatable bonds is 9. The molecule has 0 aliphatic carbocycles. The number of alkyl halides is 3. The fourth-order valence-electron chi connectivity index (χ4n) is 3.17. The summed E-state index contributed by atoms with van der Waals surface area (Å²) in [5.41, 5.74) is -3.92. The van der Waals surface area contributed by atoms with E-state index >= 15 is 0 Å². The Balaban J connectivity index is 1.81. The molecule has 7 nitrogen and oxygen atoms in total. The Morgan fingerprint density at radius 3 is 2.11 bits per heavy atom. The van der Waals surface area contributed by atoms with Crippen LogP contribution in [0.25, 0.3) is 0 Å². The van der Waals surface area contributed by atoms with Crippen LogP contribution in [0.1, 0.15) is 21.5 Å². The van der Waals surface area contributed by atoms with Gasteiger partial charge in [-0.2, -0.15) is 21.6 Å². The molecule has 35 heavy (non-hydrogen) atoms. The number of esters is 1. The van der Waals surface area contributed by atoms with E-state index in [0.717, 1.165) is 12.1 Å². The summed E-state index contributed by atoms with van der Waals surface area (Å²) in [5.74, 6) is -1.44. The fraction of sp³-hybridized carbons (Fsp3) is 0.167. The van der Waals surface area contributed by atoms with Gasteiger partial charge in [0.05, 0.1) is 7.11 Å². The number of para-hydroxylation sites is 1. The zero-order valence-electron chi connectivity index (χ0n) is 18.3. The molecule has 0 aliphatic heterocycles. The van der Waals surface area contributed by atoms with Crippen molar-refractivity contribution in [3.05, 3.63) is 95.6 Å². The van der Waals surface area contributed by atoms with Gasteiger partial charge in [-0.3, -0.25) is 4.79 Å². The van der Waals surface area contributed by atoms with Crippen molar-refractivity contribution in [2.45, 2.75) is 18.0 Å². The van der Waals surface area contributed by atoms with Crippen LogP contribution in [0.5, 0.6) is 5.75 Å². The summed E-state index contributed by atoms with van der Waals surface area (Å²) in [6, 6.07) is 18.9. The highest BCUT2D eigenvalue weighted by atomic mass is 32.2. The van der Waals surface area contributed by atoms with Crippen molar-refractivity contribution in [2.24, 2.45) is 0 Å². The molecule has 0 radical (unpaired) electrons. The molecule has 0 aromatic heterocycles. The normalized spacial score (nSPS) is 12.5. The molecule has 11 heteroatoms. The monoisotopic (exact) mass is 507 g/mol. The van der Waals surface area contributed by atoms with Crippen LogP contribution >= 0.6 is 0 Å². The van der Waals surface area contributed by atoms with E-state index in [2.05, 4.69) is 9.50 Å². The molecule has 0 saturated carbocycles. The zero-order chi connectivity index (χ0) is 25.6. The van der Waals surface area contributed by atoms with Gasteiger partial charge in [-0.1, -0.05) is 54.6 Å². The second-order valence-electron chi connectivity index (χ2n) is 7.29. The lowest BCUT2D eigenvalue weighted by atomic mass is 10.00. The van der Waals surface area contributed by atoms with Crippen molar-refractivity contribution in [1.82, 2.24) is 0 Å². The molecule has 3 aromatic rings. The number of carbonyl (C=O) groups excluding carboxylic acids is 2. The van der Waals surface area contributed by atoms with E-state index in [1.807, 2.05) is 0 Å². The maximum absolute atomic E-state index is 13.0. The number of methoxy groups -OCH3 is 1. The molecular weight excluding hydrogens is 487 g/mol. The van der Waals surface area contributed by atoms with E-state index in [0.29, 0.717) is 22.4 Å². The second-order valence-corrected chi connectivity index (χ2v) is 8.83. The van der Waals surface area contributed by atoms with E-state index < -0.39 is 33.4 Å². The number of benzene rings is 3. The van der Waals surface area contributed by atoms with Gasteiger partial charge in [0.2, 0.25) is 0 Å². The van der Waals surface area contributed by atoms with Crippen LogP contribution in [0.3, 0.4) is 0 Å². The second kappa shape index (κ2) is 10.6. The lowest BCUT2D eigenvalue weighted by Gasteiger charge is -2.20. The van der Waals surface area contributed by atoms with Crippen LogP contribution in [0, 0.1) is 0 Å². The van der Waals surface area contributed by atoms with E-state index in [1.54, 1.807) is 54.6 Å². The Kier molecular flexibility index (Phi) is 7.80. The first-order valence-electron chi connectivity index (χ1n) is 10.1. The van der Waals surface area contributed by atoms with Crippen LogP contribution < -0.4 is 9.50 Å². The summed E-state index contributed by atoms with van der Waals surface area (Å²) in [7, 11) is -4.61. The lowest BCUT2D eigenvalue weighted by Crippen LogP contribution is -2.33. The molecule has 0 saturated heterocycles. The van der Waals surface area contributed by atoms with Crippen LogP contribution in [-0.4, -0.2) is 38.8 Å². The number of hydrogen-bond acceptors (Lipinski definition) is 7. The molecule has 0 fully saturated rings. The summed E-state index contributed by atoms with van der Waals surface area (Å²) in [5, 5.41) is 3.00. The average molecular weight is 507 g/mol. The number of nitrogens with one attached hydrogen (secondary N) is 1. The van der Waals surface area contributed by atoms with E-state index in [9.17, 15) is 31.2 Å². The summed E-state index contributed by atoms with van der Waals surface area (Å²) in [6.07, 6.45) is 0.0207. The zero-order valence-corrected chi connectivity index (χ0v) is 19.1. The first-order chi connectivity index (χ1) is 16.5. The molecule has 1 unspecified atom stereocenters. The van der Waals surface area contributed by atoms with Gasteiger partial charge in [0.15, 0.2) is 5.78 Å². The van der Waals surface area contributed by atoms with Crippen molar-refractivity contribution < 1.29 is 40.1 Å². The van der Waals surface area contributed by atoms with Crippen LogP contribution in [0.2, 0.25) is 0 Å². The maximum atomic E-state index is 13.0. The minimum atomic E-state index is -5.80. The standard InChI is InChI=1S/C24H20F3NO6S/c1-33-23(30)21(15-16-11-13-18(14-12-16)34-35(31,32)24(25,26)27)28-20-10-6-5-9-19(20)22(29)17-7-3-2-4-8-17/h2-14,21,28H,15H2,1H3. The number of carbonyl (C=O) groups is 2. The van der Waals surface area contributed by atoms with Gasteiger partial charge in [0.1, 0.15) is 11.8 Å². The molecular formula is C24H20F3NO6S. The van der Waals surface area contributed by atoms with E-state index in [4.69, 9.17) is 4.74 Å². The Labute approximate surface area is 199 Å². The van der Waals surface area contributed by atoms with Crippen molar-refractivity contribution >= 4 is 27.6 Å². The van der Waals surface area contributed by atoms with Gasteiger partial charge in [0, 0.05) is 23.2 Å². The number of ketones is 1. The average Bonchev–Trinajstić information content (AvgIpc) is 2.84. The Hall–Kier alpha value is -3.86. The van der Waals surface area contributed by atoms with Crippen molar-refractivity contribution in [2.75, 3.05) is 12.4 Å². The highest BCUT2D eigenvalue weighted by Gasteiger charge is 2.48. The largest absolute Gasteiger partial charge is 0.534 e. The van der Waals surface area contributed by atoms with Gasteiger partial charge in [-0.15, -0.1) is 0 Å². The maximum Gasteiger partial charge on any atom is 0.534 e. The molecule has 0 spiro atoms. The van der Waals surface area contributed by atoms with Crippen molar-refractivity contribution in [3.8, 4) is 5.75 Å². The Morgan fingerprint density at radius 1 is 0.914 bits per heavy atom. The van der Waals surface area contributed by atoms with Gasteiger partial charge in [-0.05, 0) is 29.8 Å². The minimum absolute atomic E-state index is 0.0207. The van der Waals surface area contributed by atoms with Gasteiger partial charge < -0.3 is 14.2 Å². The third-order valence-electron chi connectivity index (χ3n) is 4.88. The van der Waals surface area contributed by atoms with Gasteiger partial charge >= 0.3 is 21.6 Å². The molecule has 0 amide bonds. The predicted octanol–water partition coefficient (Wildman–Crippen LogP) is 4.34. The molecule has 1 N–H and O–H groups in total. The first kappa shape index (κ1) is 25.8. The molecule has 3 aromatic carbocycles. The smallest absolute Gasteiger partial charge is 0.467 e. The molecule has 3 rings (SSSR count). The van der Waals surface area contributed by atoms with Gasteiger partial charge in [0.25, 0.3) is 0 Å². The summed E-state index contributed by atoms with van der Waals surface area (Å²) in [6.45, 7) is 0. The quantitative estimate of drug-likeness (QED) is 0.199. The highest BCUT2D eigenvalue weighted by molar-refractivity contribution is 7.88.